The third kappa shape index (κ3) is 5.82. The molecule has 0 aliphatic heterocycles. The van der Waals surface area contributed by atoms with Gasteiger partial charge < -0.3 is 15.0 Å². The molecule has 2 rings (SSSR count). The number of nitrogens with zero attached hydrogens (tertiary/aromatic N) is 1. The van der Waals surface area contributed by atoms with Gasteiger partial charge in [0.15, 0.2) is 0 Å². The largest absolute Gasteiger partial charge is 0.444 e. The van der Waals surface area contributed by atoms with Crippen molar-refractivity contribution in [2.45, 2.75) is 71.6 Å². The van der Waals surface area contributed by atoms with Gasteiger partial charge in [0.05, 0.1) is 0 Å². The van der Waals surface area contributed by atoms with Gasteiger partial charge >= 0.3 is 6.09 Å². The van der Waals surface area contributed by atoms with E-state index in [2.05, 4.69) is 43.4 Å². The number of rotatable bonds is 7. The topological polar surface area (TPSA) is 41.6 Å². The van der Waals surface area contributed by atoms with E-state index >= 15 is 0 Å². The monoisotopic (exact) mass is 332 g/mol. The summed E-state index contributed by atoms with van der Waals surface area (Å²) in [5, 5.41) is 3.52. The van der Waals surface area contributed by atoms with Crippen molar-refractivity contribution >= 4 is 6.09 Å². The first-order chi connectivity index (χ1) is 11.3. The van der Waals surface area contributed by atoms with Crippen LogP contribution < -0.4 is 5.32 Å². The Kier molecular flexibility index (Phi) is 6.27. The number of carbonyl (C=O) groups is 1. The Balaban J connectivity index is 1.82. The molecule has 1 aliphatic rings. The first-order valence-electron chi connectivity index (χ1n) is 9.12. The number of ether oxygens (including phenoxy) is 1. The molecule has 0 radical (unpaired) electrons. The summed E-state index contributed by atoms with van der Waals surface area (Å²) in [4.78, 5) is 14.2. The molecule has 0 heterocycles. The summed E-state index contributed by atoms with van der Waals surface area (Å²) in [5.74, 6) is 0. The lowest BCUT2D eigenvalue weighted by Crippen LogP contribution is -2.42. The quantitative estimate of drug-likeness (QED) is 0.809. The van der Waals surface area contributed by atoms with Crippen LogP contribution in [0.1, 0.15) is 64.6 Å². The smallest absolute Gasteiger partial charge is 0.410 e. The van der Waals surface area contributed by atoms with Crippen molar-refractivity contribution in [1.29, 1.82) is 0 Å². The highest BCUT2D eigenvalue weighted by Crippen LogP contribution is 2.28. The summed E-state index contributed by atoms with van der Waals surface area (Å²) < 4.78 is 5.53. The van der Waals surface area contributed by atoms with Crippen molar-refractivity contribution in [3.8, 4) is 0 Å². The third-order valence-corrected chi connectivity index (χ3v) is 4.31. The first-order valence-corrected chi connectivity index (χ1v) is 9.12. The number of hydrogen-bond donors (Lipinski definition) is 1. The molecule has 1 fully saturated rings. The standard InChI is InChI=1S/C20H32N2O2/c1-6-16-7-9-17(10-8-16)15(2)21-13-14-22(18-11-12-18)19(23)24-20(3,4)5/h7-10,15,18,21H,6,11-14H2,1-5H3. The molecule has 1 unspecified atom stereocenters. The molecule has 4 nitrogen and oxygen atoms in total. The molecule has 1 aliphatic carbocycles. The summed E-state index contributed by atoms with van der Waals surface area (Å²) >= 11 is 0. The predicted octanol–water partition coefficient (Wildman–Crippen LogP) is 4.30. The molecule has 1 atom stereocenters. The van der Waals surface area contributed by atoms with Crippen LogP contribution in [0.2, 0.25) is 0 Å². The maximum atomic E-state index is 12.3. The second-order valence-electron chi connectivity index (χ2n) is 7.68. The molecular weight excluding hydrogens is 300 g/mol. The van der Waals surface area contributed by atoms with Crippen LogP contribution in [0.5, 0.6) is 0 Å². The van der Waals surface area contributed by atoms with E-state index in [1.807, 2.05) is 25.7 Å². The summed E-state index contributed by atoms with van der Waals surface area (Å²) in [6.45, 7) is 11.5. The second kappa shape index (κ2) is 8.02. The fourth-order valence-corrected chi connectivity index (χ4v) is 2.69. The second-order valence-corrected chi connectivity index (χ2v) is 7.68. The Labute approximate surface area is 146 Å². The lowest BCUT2D eigenvalue weighted by atomic mass is 10.1. The first kappa shape index (κ1) is 18.8. The molecule has 4 heteroatoms. The van der Waals surface area contributed by atoms with E-state index in [0.29, 0.717) is 12.6 Å². The average Bonchev–Trinajstić information content (AvgIpc) is 3.34. The fourth-order valence-electron chi connectivity index (χ4n) is 2.69. The Bertz CT molecular complexity index is 530. The normalized spacial score (nSPS) is 15.9. The van der Waals surface area contributed by atoms with E-state index in [0.717, 1.165) is 25.8 Å². The van der Waals surface area contributed by atoms with Crippen LogP contribution in [0.3, 0.4) is 0 Å². The van der Waals surface area contributed by atoms with Gasteiger partial charge in [0.1, 0.15) is 5.60 Å². The predicted molar refractivity (Wildman–Crippen MR) is 98.2 cm³/mol. The number of benzene rings is 1. The minimum atomic E-state index is -0.439. The van der Waals surface area contributed by atoms with Gasteiger partial charge in [-0.05, 0) is 58.1 Å². The van der Waals surface area contributed by atoms with Crippen molar-refractivity contribution in [3.63, 3.8) is 0 Å². The molecule has 1 saturated carbocycles. The minimum absolute atomic E-state index is 0.188. The van der Waals surface area contributed by atoms with Gasteiger partial charge in [0, 0.05) is 25.2 Å². The van der Waals surface area contributed by atoms with Crippen LogP contribution in [0, 0.1) is 0 Å². The molecule has 1 aromatic carbocycles. The third-order valence-electron chi connectivity index (χ3n) is 4.31. The van der Waals surface area contributed by atoms with Gasteiger partial charge in [0.25, 0.3) is 0 Å². The number of nitrogens with one attached hydrogen (secondary N) is 1. The fraction of sp³-hybridized carbons (Fsp3) is 0.650. The van der Waals surface area contributed by atoms with Crippen LogP contribution in [-0.4, -0.2) is 35.7 Å². The molecule has 1 amide bonds. The summed E-state index contributed by atoms with van der Waals surface area (Å²) in [7, 11) is 0. The maximum Gasteiger partial charge on any atom is 0.410 e. The number of aryl methyl sites for hydroxylation is 1. The minimum Gasteiger partial charge on any atom is -0.444 e. The van der Waals surface area contributed by atoms with Crippen molar-refractivity contribution in [2.75, 3.05) is 13.1 Å². The molecule has 1 aromatic rings. The van der Waals surface area contributed by atoms with Crippen molar-refractivity contribution < 1.29 is 9.53 Å². The van der Waals surface area contributed by atoms with Gasteiger partial charge in [-0.1, -0.05) is 31.2 Å². The Hall–Kier alpha value is -1.55. The van der Waals surface area contributed by atoms with E-state index in [4.69, 9.17) is 4.74 Å². The van der Waals surface area contributed by atoms with E-state index in [1.165, 1.54) is 11.1 Å². The van der Waals surface area contributed by atoms with Crippen LogP contribution in [0.15, 0.2) is 24.3 Å². The average molecular weight is 332 g/mol. The van der Waals surface area contributed by atoms with Crippen molar-refractivity contribution in [3.05, 3.63) is 35.4 Å². The van der Waals surface area contributed by atoms with Crippen molar-refractivity contribution in [1.82, 2.24) is 10.2 Å². The Morgan fingerprint density at radius 3 is 2.42 bits per heavy atom. The van der Waals surface area contributed by atoms with Gasteiger partial charge in [-0.25, -0.2) is 4.79 Å². The Morgan fingerprint density at radius 2 is 1.92 bits per heavy atom. The summed E-state index contributed by atoms with van der Waals surface area (Å²) in [6, 6.07) is 9.37. The lowest BCUT2D eigenvalue weighted by Gasteiger charge is -2.28. The molecule has 0 spiro atoms. The van der Waals surface area contributed by atoms with Crippen LogP contribution >= 0.6 is 0 Å². The highest BCUT2D eigenvalue weighted by molar-refractivity contribution is 5.69. The zero-order valence-corrected chi connectivity index (χ0v) is 15.8. The van der Waals surface area contributed by atoms with E-state index in [1.54, 1.807) is 0 Å². The van der Waals surface area contributed by atoms with Gasteiger partial charge in [-0.15, -0.1) is 0 Å². The van der Waals surface area contributed by atoms with E-state index < -0.39 is 5.60 Å². The molecule has 134 valence electrons. The summed E-state index contributed by atoms with van der Waals surface area (Å²) in [5.41, 5.74) is 2.20. The maximum absolute atomic E-state index is 12.3. The molecule has 0 saturated heterocycles. The molecular formula is C20H32N2O2. The number of hydrogen-bond acceptors (Lipinski definition) is 3. The van der Waals surface area contributed by atoms with Crippen LogP contribution in [0.4, 0.5) is 4.79 Å². The van der Waals surface area contributed by atoms with Crippen molar-refractivity contribution in [2.24, 2.45) is 0 Å². The Morgan fingerprint density at radius 1 is 1.29 bits per heavy atom. The SMILES string of the molecule is CCc1ccc(C(C)NCCN(C(=O)OC(C)(C)C)C2CC2)cc1. The summed E-state index contributed by atoms with van der Waals surface area (Å²) in [6.07, 6.45) is 3.06. The zero-order chi connectivity index (χ0) is 17.7. The molecule has 24 heavy (non-hydrogen) atoms. The molecule has 1 N–H and O–H groups in total. The number of carbonyl (C=O) groups excluding carboxylic acids is 1. The van der Waals surface area contributed by atoms with E-state index in [9.17, 15) is 4.79 Å². The van der Waals surface area contributed by atoms with Gasteiger partial charge in [0.2, 0.25) is 0 Å². The molecule has 0 bridgehead atoms. The van der Waals surface area contributed by atoms with Gasteiger partial charge in [-0.2, -0.15) is 0 Å². The van der Waals surface area contributed by atoms with Gasteiger partial charge in [-0.3, -0.25) is 0 Å². The zero-order valence-electron chi connectivity index (χ0n) is 15.8. The highest BCUT2D eigenvalue weighted by atomic mass is 16.6. The lowest BCUT2D eigenvalue weighted by molar-refractivity contribution is 0.0235. The number of amides is 1. The highest BCUT2D eigenvalue weighted by Gasteiger charge is 2.34. The molecule has 0 aromatic heterocycles. The van der Waals surface area contributed by atoms with E-state index in [-0.39, 0.29) is 12.1 Å². The van der Waals surface area contributed by atoms with Crippen LogP contribution in [-0.2, 0) is 11.2 Å². The van der Waals surface area contributed by atoms with Crippen LogP contribution in [0.25, 0.3) is 0 Å².